The molecule has 0 atom stereocenters. The Morgan fingerprint density at radius 3 is 1.68 bits per heavy atom. The number of ether oxygens (including phenoxy) is 4. The van der Waals surface area contributed by atoms with Gasteiger partial charge in [0.2, 0.25) is 0 Å². The van der Waals surface area contributed by atoms with Crippen molar-refractivity contribution in [2.24, 2.45) is 0 Å². The number of unbranched alkanes of at least 4 members (excludes halogenated alkanes) is 8. The van der Waals surface area contributed by atoms with Crippen LogP contribution in [0.2, 0.25) is 0 Å². The predicted molar refractivity (Wildman–Crippen MR) is 104 cm³/mol. The third-order valence-electron chi connectivity index (χ3n) is 4.02. The summed E-state index contributed by atoms with van der Waals surface area (Å²) in [4.78, 5) is 0. The maximum atomic E-state index is 5.99. The largest absolute Gasteiger partial charge is 0.491 e. The molecular weight excluding hydrogens is 316 g/mol. The van der Waals surface area contributed by atoms with Gasteiger partial charge in [0.1, 0.15) is 0 Å². The van der Waals surface area contributed by atoms with E-state index in [9.17, 15) is 0 Å². The summed E-state index contributed by atoms with van der Waals surface area (Å²) >= 11 is 0. The molecule has 0 aromatic heterocycles. The van der Waals surface area contributed by atoms with E-state index < -0.39 is 0 Å². The van der Waals surface area contributed by atoms with E-state index in [2.05, 4.69) is 20.8 Å². The van der Waals surface area contributed by atoms with Gasteiger partial charge in [-0.2, -0.15) is 0 Å². The van der Waals surface area contributed by atoms with Gasteiger partial charge in [0.05, 0.1) is 13.2 Å². The van der Waals surface area contributed by atoms with Crippen LogP contribution in [0.4, 0.5) is 0 Å². The number of allylic oxidation sites excluding steroid dienone is 1. The maximum absolute atomic E-state index is 5.99. The molecule has 4 heteroatoms. The normalized spacial score (nSPS) is 12.0. The van der Waals surface area contributed by atoms with Crippen LogP contribution in [0.5, 0.6) is 0 Å². The summed E-state index contributed by atoms with van der Waals surface area (Å²) in [5, 5.41) is 0. The number of hydrogen-bond acceptors (Lipinski definition) is 4. The van der Waals surface area contributed by atoms with Gasteiger partial charge in [0.15, 0.2) is 12.6 Å². The first-order chi connectivity index (χ1) is 12.3. The smallest absolute Gasteiger partial charge is 0.321 e. The molecule has 0 saturated heterocycles. The van der Waals surface area contributed by atoms with Crippen LogP contribution in [-0.2, 0) is 18.9 Å². The highest BCUT2D eigenvalue weighted by Crippen LogP contribution is 2.18. The van der Waals surface area contributed by atoms with Crippen LogP contribution in [0.25, 0.3) is 0 Å². The Bertz CT molecular complexity index is 302. The molecule has 0 unspecified atom stereocenters. The zero-order valence-electron chi connectivity index (χ0n) is 17.2. The number of rotatable bonds is 19. The molecule has 0 N–H and O–H groups in total. The summed E-state index contributed by atoms with van der Waals surface area (Å²) in [6.07, 6.45) is 14.1. The standard InChI is InChI=1S/C21H42O4/c1-5-8-10-12-14-17-23-20(16-7-3)21(25-19-22-4)24-18-15-13-11-9-6-2/h5-19H2,1-4H3. The van der Waals surface area contributed by atoms with Crippen molar-refractivity contribution in [2.75, 3.05) is 27.1 Å². The molecule has 4 nitrogen and oxygen atoms in total. The molecule has 0 fully saturated rings. The molecule has 0 amide bonds. The van der Waals surface area contributed by atoms with E-state index in [0.717, 1.165) is 38.0 Å². The van der Waals surface area contributed by atoms with Crippen LogP contribution in [0.1, 0.15) is 97.8 Å². The summed E-state index contributed by atoms with van der Waals surface area (Å²) < 4.78 is 22.6. The second kappa shape index (κ2) is 19.4. The Morgan fingerprint density at radius 2 is 1.16 bits per heavy atom. The van der Waals surface area contributed by atoms with E-state index in [0.29, 0.717) is 12.6 Å². The highest BCUT2D eigenvalue weighted by molar-refractivity contribution is 4.95. The van der Waals surface area contributed by atoms with Crippen molar-refractivity contribution in [1.29, 1.82) is 0 Å². The van der Waals surface area contributed by atoms with Crippen LogP contribution in [0.3, 0.4) is 0 Å². The average Bonchev–Trinajstić information content (AvgIpc) is 2.62. The van der Waals surface area contributed by atoms with Crippen molar-refractivity contribution >= 4 is 0 Å². The topological polar surface area (TPSA) is 36.9 Å². The van der Waals surface area contributed by atoms with Crippen molar-refractivity contribution in [3.05, 3.63) is 11.7 Å². The molecule has 0 rings (SSSR count). The van der Waals surface area contributed by atoms with Crippen LogP contribution in [0.15, 0.2) is 11.7 Å². The van der Waals surface area contributed by atoms with Gasteiger partial charge in [0.25, 0.3) is 0 Å². The number of methoxy groups -OCH3 is 1. The van der Waals surface area contributed by atoms with E-state index in [1.165, 1.54) is 51.4 Å². The fourth-order valence-electron chi connectivity index (χ4n) is 2.55. The molecule has 0 heterocycles. The van der Waals surface area contributed by atoms with E-state index in [1.54, 1.807) is 7.11 Å². The average molecular weight is 359 g/mol. The van der Waals surface area contributed by atoms with Crippen molar-refractivity contribution < 1.29 is 18.9 Å². The second-order valence-electron chi connectivity index (χ2n) is 6.54. The molecule has 0 aromatic carbocycles. The molecule has 150 valence electrons. The summed E-state index contributed by atoms with van der Waals surface area (Å²) in [7, 11) is 1.62. The highest BCUT2D eigenvalue weighted by Gasteiger charge is 2.12. The third kappa shape index (κ3) is 15.1. The highest BCUT2D eigenvalue weighted by atomic mass is 16.7. The van der Waals surface area contributed by atoms with Gasteiger partial charge < -0.3 is 18.9 Å². The van der Waals surface area contributed by atoms with Gasteiger partial charge in [-0.3, -0.25) is 0 Å². The van der Waals surface area contributed by atoms with Crippen LogP contribution < -0.4 is 0 Å². The molecule has 25 heavy (non-hydrogen) atoms. The van der Waals surface area contributed by atoms with Crippen molar-refractivity contribution in [1.82, 2.24) is 0 Å². The fraction of sp³-hybridized carbons (Fsp3) is 0.905. The second-order valence-corrected chi connectivity index (χ2v) is 6.54. The Labute approximate surface area is 156 Å². The maximum Gasteiger partial charge on any atom is 0.321 e. The lowest BCUT2D eigenvalue weighted by atomic mass is 10.2. The molecule has 0 spiro atoms. The monoisotopic (exact) mass is 358 g/mol. The number of hydrogen-bond donors (Lipinski definition) is 0. The van der Waals surface area contributed by atoms with Gasteiger partial charge in [0, 0.05) is 13.5 Å². The first-order valence-electron chi connectivity index (χ1n) is 10.4. The minimum Gasteiger partial charge on any atom is -0.491 e. The first-order valence-corrected chi connectivity index (χ1v) is 10.4. The van der Waals surface area contributed by atoms with Gasteiger partial charge in [-0.25, -0.2) is 0 Å². The van der Waals surface area contributed by atoms with Crippen LogP contribution in [0, 0.1) is 0 Å². The summed E-state index contributed by atoms with van der Waals surface area (Å²) in [5.74, 6) is 1.36. The van der Waals surface area contributed by atoms with Crippen molar-refractivity contribution in [3.63, 3.8) is 0 Å². The molecule has 0 radical (unpaired) electrons. The third-order valence-corrected chi connectivity index (χ3v) is 4.02. The molecule has 0 aromatic rings. The first kappa shape index (κ1) is 24.1. The molecular formula is C21H42O4. The van der Waals surface area contributed by atoms with E-state index in [4.69, 9.17) is 18.9 Å². The van der Waals surface area contributed by atoms with Crippen LogP contribution in [-0.4, -0.2) is 27.1 Å². The minimum atomic E-state index is 0.193. The van der Waals surface area contributed by atoms with Gasteiger partial charge in [-0.1, -0.05) is 72.1 Å². The zero-order valence-corrected chi connectivity index (χ0v) is 17.2. The minimum absolute atomic E-state index is 0.193. The van der Waals surface area contributed by atoms with E-state index >= 15 is 0 Å². The lowest BCUT2D eigenvalue weighted by Crippen LogP contribution is -2.09. The van der Waals surface area contributed by atoms with Gasteiger partial charge in [-0.15, -0.1) is 0 Å². The summed E-state index contributed by atoms with van der Waals surface area (Å²) in [5.41, 5.74) is 0. The zero-order chi connectivity index (χ0) is 18.6. The Morgan fingerprint density at radius 1 is 0.600 bits per heavy atom. The Kier molecular flexibility index (Phi) is 18.7. The van der Waals surface area contributed by atoms with Gasteiger partial charge in [-0.05, 0) is 19.3 Å². The lowest BCUT2D eigenvalue weighted by Gasteiger charge is -2.17. The molecule has 0 bridgehead atoms. The van der Waals surface area contributed by atoms with E-state index in [1.807, 2.05) is 0 Å². The van der Waals surface area contributed by atoms with Crippen LogP contribution >= 0.6 is 0 Å². The van der Waals surface area contributed by atoms with Gasteiger partial charge >= 0.3 is 5.95 Å². The quantitative estimate of drug-likeness (QED) is 0.149. The summed E-state index contributed by atoms with van der Waals surface area (Å²) in [6, 6.07) is 0. The van der Waals surface area contributed by atoms with E-state index in [-0.39, 0.29) is 6.79 Å². The molecule has 0 aliphatic rings. The lowest BCUT2D eigenvalue weighted by molar-refractivity contribution is -0.0691. The molecule has 0 saturated carbocycles. The Balaban J connectivity index is 4.37. The van der Waals surface area contributed by atoms with Crippen molar-refractivity contribution in [2.45, 2.75) is 97.8 Å². The predicted octanol–water partition coefficient (Wildman–Crippen LogP) is 6.55. The molecule has 0 aliphatic heterocycles. The SMILES string of the molecule is CCCCCCCOC(CCC)=C(OCCCCCCC)OCOC. The van der Waals surface area contributed by atoms with Crippen molar-refractivity contribution in [3.8, 4) is 0 Å². The fourth-order valence-corrected chi connectivity index (χ4v) is 2.55. The Hall–Kier alpha value is -0.900. The molecule has 0 aliphatic carbocycles. The summed E-state index contributed by atoms with van der Waals surface area (Å²) in [6.45, 7) is 8.21.